The molecule has 0 saturated carbocycles. The van der Waals surface area contributed by atoms with E-state index in [1.807, 2.05) is 0 Å². The van der Waals surface area contributed by atoms with Gasteiger partial charge >= 0.3 is 0 Å². The maximum atomic E-state index is 10.8. The molecule has 0 amide bonds. The normalized spacial score (nSPS) is 20.2. The van der Waals surface area contributed by atoms with Gasteiger partial charge in [-0.1, -0.05) is 0 Å². The third kappa shape index (κ3) is 3.42. The number of hydrogen-bond acceptors (Lipinski definition) is 5. The fourth-order valence-electron chi connectivity index (χ4n) is 2.40. The van der Waals surface area contributed by atoms with Crippen LogP contribution in [-0.2, 0) is 6.54 Å². The van der Waals surface area contributed by atoms with Gasteiger partial charge in [-0.05, 0) is 13.0 Å². The van der Waals surface area contributed by atoms with Crippen LogP contribution in [0.1, 0.15) is 12.5 Å². The van der Waals surface area contributed by atoms with Crippen LogP contribution in [0.4, 0.5) is 5.69 Å². The van der Waals surface area contributed by atoms with E-state index < -0.39 is 0 Å². The zero-order valence-electron chi connectivity index (χ0n) is 11.3. The summed E-state index contributed by atoms with van der Waals surface area (Å²) in [7, 11) is 1.59. The lowest BCUT2D eigenvalue weighted by Crippen LogP contribution is -2.48. The van der Waals surface area contributed by atoms with E-state index >= 15 is 0 Å². The molecular formula is C13H19N3O3. The summed E-state index contributed by atoms with van der Waals surface area (Å²) in [5.74, 6) is 0.705. The van der Waals surface area contributed by atoms with Crippen LogP contribution in [0.5, 0.6) is 5.75 Å². The zero-order valence-corrected chi connectivity index (χ0v) is 11.3. The van der Waals surface area contributed by atoms with Crippen molar-refractivity contribution in [2.45, 2.75) is 19.5 Å². The minimum absolute atomic E-state index is 0.110. The second-order valence-corrected chi connectivity index (χ2v) is 4.84. The summed E-state index contributed by atoms with van der Waals surface area (Å²) in [6.07, 6.45) is 0. The van der Waals surface area contributed by atoms with Crippen LogP contribution in [0.2, 0.25) is 0 Å². The smallest absolute Gasteiger partial charge is 0.270 e. The van der Waals surface area contributed by atoms with Crippen LogP contribution in [0, 0.1) is 10.1 Å². The highest BCUT2D eigenvalue weighted by molar-refractivity contribution is 5.43. The van der Waals surface area contributed by atoms with Crippen LogP contribution < -0.4 is 10.1 Å². The standard InChI is InChI=1S/C13H19N3O3/c1-10-8-15(6-5-14-10)9-11-7-12(16(17)18)3-4-13(11)19-2/h3-4,7,10,14H,5-6,8-9H2,1-2H3. The second-order valence-electron chi connectivity index (χ2n) is 4.84. The van der Waals surface area contributed by atoms with Gasteiger partial charge in [-0.2, -0.15) is 0 Å². The highest BCUT2D eigenvalue weighted by atomic mass is 16.6. The number of rotatable bonds is 4. The fourth-order valence-corrected chi connectivity index (χ4v) is 2.40. The molecule has 0 aliphatic carbocycles. The molecule has 1 unspecified atom stereocenters. The number of nitro benzene ring substituents is 1. The van der Waals surface area contributed by atoms with Crippen molar-refractivity contribution in [2.75, 3.05) is 26.7 Å². The topological polar surface area (TPSA) is 67.6 Å². The van der Waals surface area contributed by atoms with Gasteiger partial charge < -0.3 is 10.1 Å². The number of nitro groups is 1. The van der Waals surface area contributed by atoms with E-state index in [-0.39, 0.29) is 10.6 Å². The Bertz CT molecular complexity index is 464. The van der Waals surface area contributed by atoms with Crippen LogP contribution in [-0.4, -0.2) is 42.6 Å². The zero-order chi connectivity index (χ0) is 13.8. The monoisotopic (exact) mass is 265 g/mol. The number of piperazine rings is 1. The molecule has 1 heterocycles. The van der Waals surface area contributed by atoms with E-state index in [9.17, 15) is 10.1 Å². The molecule has 1 saturated heterocycles. The molecule has 1 atom stereocenters. The van der Waals surface area contributed by atoms with E-state index in [1.165, 1.54) is 6.07 Å². The summed E-state index contributed by atoms with van der Waals surface area (Å²) in [5, 5.41) is 14.2. The molecule has 104 valence electrons. The molecule has 0 spiro atoms. The van der Waals surface area contributed by atoms with Crippen LogP contribution in [0.15, 0.2) is 18.2 Å². The molecule has 1 aliphatic rings. The number of hydrogen-bond donors (Lipinski definition) is 1. The van der Waals surface area contributed by atoms with E-state index in [0.29, 0.717) is 18.3 Å². The lowest BCUT2D eigenvalue weighted by atomic mass is 10.1. The SMILES string of the molecule is COc1ccc([N+](=O)[O-])cc1CN1CCNC(C)C1. The van der Waals surface area contributed by atoms with Crippen molar-refractivity contribution < 1.29 is 9.66 Å². The van der Waals surface area contributed by atoms with Gasteiger partial charge in [-0.3, -0.25) is 15.0 Å². The minimum atomic E-state index is -0.372. The first-order valence-electron chi connectivity index (χ1n) is 6.37. The van der Waals surface area contributed by atoms with E-state index in [0.717, 1.165) is 25.2 Å². The molecule has 0 bridgehead atoms. The van der Waals surface area contributed by atoms with E-state index in [2.05, 4.69) is 17.1 Å². The quantitative estimate of drug-likeness (QED) is 0.658. The Balaban J connectivity index is 2.17. The second kappa shape index (κ2) is 5.99. The van der Waals surface area contributed by atoms with Crippen LogP contribution in [0.25, 0.3) is 0 Å². The van der Waals surface area contributed by atoms with Crippen molar-refractivity contribution in [3.8, 4) is 5.75 Å². The molecule has 6 nitrogen and oxygen atoms in total. The molecule has 1 aromatic carbocycles. The number of non-ortho nitro benzene ring substituents is 1. The van der Waals surface area contributed by atoms with Crippen molar-refractivity contribution >= 4 is 5.69 Å². The van der Waals surface area contributed by atoms with Crippen molar-refractivity contribution in [3.63, 3.8) is 0 Å². The lowest BCUT2D eigenvalue weighted by Gasteiger charge is -2.32. The molecule has 1 aromatic rings. The fraction of sp³-hybridized carbons (Fsp3) is 0.538. The average Bonchev–Trinajstić information content (AvgIpc) is 2.38. The Hall–Kier alpha value is -1.66. The van der Waals surface area contributed by atoms with Gasteiger partial charge in [0.15, 0.2) is 0 Å². The van der Waals surface area contributed by atoms with Gasteiger partial charge in [0, 0.05) is 49.9 Å². The molecule has 0 radical (unpaired) electrons. The molecule has 6 heteroatoms. The Kier molecular flexibility index (Phi) is 4.34. The third-order valence-corrected chi connectivity index (χ3v) is 3.32. The first-order chi connectivity index (χ1) is 9.10. The highest BCUT2D eigenvalue weighted by Gasteiger charge is 2.18. The van der Waals surface area contributed by atoms with Crippen LogP contribution >= 0.6 is 0 Å². The Morgan fingerprint density at radius 1 is 1.58 bits per heavy atom. The van der Waals surface area contributed by atoms with Gasteiger partial charge in [0.25, 0.3) is 5.69 Å². The largest absolute Gasteiger partial charge is 0.496 e. The van der Waals surface area contributed by atoms with E-state index in [4.69, 9.17) is 4.74 Å². The first-order valence-corrected chi connectivity index (χ1v) is 6.37. The summed E-state index contributed by atoms with van der Waals surface area (Å²) in [4.78, 5) is 12.7. The summed E-state index contributed by atoms with van der Waals surface area (Å²) in [5.41, 5.74) is 0.977. The number of ether oxygens (including phenoxy) is 1. The summed E-state index contributed by atoms with van der Waals surface area (Å²) in [6, 6.07) is 5.19. The Morgan fingerprint density at radius 2 is 2.37 bits per heavy atom. The van der Waals surface area contributed by atoms with Crippen molar-refractivity contribution in [3.05, 3.63) is 33.9 Å². The molecule has 2 rings (SSSR count). The lowest BCUT2D eigenvalue weighted by molar-refractivity contribution is -0.385. The Morgan fingerprint density at radius 3 is 3.00 bits per heavy atom. The maximum absolute atomic E-state index is 10.8. The number of benzene rings is 1. The van der Waals surface area contributed by atoms with Gasteiger partial charge in [-0.15, -0.1) is 0 Å². The third-order valence-electron chi connectivity index (χ3n) is 3.32. The summed E-state index contributed by atoms with van der Waals surface area (Å²) in [6.45, 7) is 5.63. The molecule has 1 N–H and O–H groups in total. The van der Waals surface area contributed by atoms with Crippen molar-refractivity contribution in [1.82, 2.24) is 10.2 Å². The van der Waals surface area contributed by atoms with Gasteiger partial charge in [0.05, 0.1) is 12.0 Å². The molecular weight excluding hydrogens is 246 g/mol. The maximum Gasteiger partial charge on any atom is 0.270 e. The highest BCUT2D eigenvalue weighted by Crippen LogP contribution is 2.25. The number of nitrogens with zero attached hydrogens (tertiary/aromatic N) is 2. The average molecular weight is 265 g/mol. The summed E-state index contributed by atoms with van der Waals surface area (Å²) >= 11 is 0. The molecule has 19 heavy (non-hydrogen) atoms. The van der Waals surface area contributed by atoms with Gasteiger partial charge in [0.2, 0.25) is 0 Å². The van der Waals surface area contributed by atoms with Gasteiger partial charge in [-0.25, -0.2) is 0 Å². The van der Waals surface area contributed by atoms with Crippen molar-refractivity contribution in [2.24, 2.45) is 0 Å². The van der Waals surface area contributed by atoms with Gasteiger partial charge in [0.1, 0.15) is 5.75 Å². The molecule has 1 fully saturated rings. The predicted octanol–water partition coefficient (Wildman–Crippen LogP) is 1.40. The molecule has 1 aliphatic heterocycles. The van der Waals surface area contributed by atoms with E-state index in [1.54, 1.807) is 19.2 Å². The Labute approximate surface area is 112 Å². The summed E-state index contributed by atoms with van der Waals surface area (Å²) < 4.78 is 5.28. The minimum Gasteiger partial charge on any atom is -0.496 e. The number of methoxy groups -OCH3 is 1. The van der Waals surface area contributed by atoms with Crippen molar-refractivity contribution in [1.29, 1.82) is 0 Å². The first kappa shape index (κ1) is 13.8. The number of nitrogens with one attached hydrogen (secondary N) is 1. The van der Waals surface area contributed by atoms with Crippen LogP contribution in [0.3, 0.4) is 0 Å². The molecule has 0 aromatic heterocycles. The predicted molar refractivity (Wildman–Crippen MR) is 72.4 cm³/mol.